The van der Waals surface area contributed by atoms with Crippen LogP contribution < -0.4 is 18.9 Å². The lowest BCUT2D eigenvalue weighted by molar-refractivity contribution is -0.763. The molecule has 4 aromatic carbocycles. The van der Waals surface area contributed by atoms with Crippen molar-refractivity contribution in [1.29, 1.82) is 0 Å². The summed E-state index contributed by atoms with van der Waals surface area (Å²) < 4.78 is 63.4. The minimum absolute atomic E-state index is 0.0388. The number of carbonyl (C=O) groups is 2. The highest BCUT2D eigenvalue weighted by Gasteiger charge is 2.38. The number of aryl methyl sites for hydroxylation is 1. The Morgan fingerprint density at radius 1 is 0.964 bits per heavy atom. The van der Waals surface area contributed by atoms with Crippen LogP contribution in [0.4, 0.5) is 18.0 Å². The monoisotopic (exact) mass is 793 g/mol. The van der Waals surface area contributed by atoms with Gasteiger partial charge in [-0.05, 0) is 90.3 Å². The number of hydrogen-bond donors (Lipinski definition) is 0. The number of carbonyl (C=O) groups excluding carboxylic acids is 2. The highest BCUT2D eigenvalue weighted by molar-refractivity contribution is 6.31. The van der Waals surface area contributed by atoms with Gasteiger partial charge in [0.05, 0.1) is 13.2 Å². The number of fused-ring (bicyclic) bond motifs is 1. The first kappa shape index (κ1) is 38.3. The van der Waals surface area contributed by atoms with Gasteiger partial charge in [-0.3, -0.25) is 4.79 Å². The van der Waals surface area contributed by atoms with Gasteiger partial charge in [0.2, 0.25) is 12.6 Å². The molecule has 16 heteroatoms. The van der Waals surface area contributed by atoms with E-state index in [0.717, 1.165) is 35.6 Å². The molecule has 4 aromatic rings. The molecule has 12 nitrogen and oxygen atoms in total. The summed E-state index contributed by atoms with van der Waals surface area (Å²) in [5, 5.41) is 10.2. The average Bonchev–Trinajstić information content (AvgIpc) is 3.94. The molecule has 0 spiro atoms. The van der Waals surface area contributed by atoms with Crippen molar-refractivity contribution in [2.45, 2.75) is 51.3 Å². The first-order valence-corrected chi connectivity index (χ1v) is 18.2. The predicted octanol–water partition coefficient (Wildman–Crippen LogP) is 8.06. The fourth-order valence-corrected chi connectivity index (χ4v) is 6.79. The van der Waals surface area contributed by atoms with Gasteiger partial charge < -0.3 is 33.6 Å². The van der Waals surface area contributed by atoms with Crippen molar-refractivity contribution in [3.05, 3.63) is 133 Å². The Labute approximate surface area is 324 Å². The molecule has 2 heterocycles. The zero-order valence-electron chi connectivity index (χ0n) is 29.8. The molecule has 0 atom stereocenters. The number of rotatable bonds is 14. The molecule has 2 amide bonds. The number of nitrogens with zero attached hydrogens (tertiary/aromatic N) is 3. The lowest BCUT2D eigenvalue weighted by Crippen LogP contribution is -2.44. The SMILES string of the molecule is O=C(Oc1cccc(CO[N+](=O)[O-])c1)N1CCC(c2ccc(CCCOc3c(F)ccc(F)c3F)cc2)=C(C(=O)N(Cc2cc3c(cc2Cl)OCO3)C2CC2)C1. The van der Waals surface area contributed by atoms with Crippen LogP contribution in [0.1, 0.15) is 47.9 Å². The van der Waals surface area contributed by atoms with Crippen molar-refractivity contribution >= 4 is 29.2 Å². The number of amides is 2. The second kappa shape index (κ2) is 16.8. The molecule has 0 radical (unpaired) electrons. The van der Waals surface area contributed by atoms with Gasteiger partial charge in [0.25, 0.3) is 11.0 Å². The van der Waals surface area contributed by atoms with Crippen molar-refractivity contribution in [2.24, 2.45) is 0 Å². The second-order valence-corrected chi connectivity index (χ2v) is 13.8. The zero-order valence-corrected chi connectivity index (χ0v) is 30.6. The third kappa shape index (κ3) is 8.94. The summed E-state index contributed by atoms with van der Waals surface area (Å²) in [6.07, 6.45) is 2.12. The third-order valence-corrected chi connectivity index (χ3v) is 9.94. The maximum Gasteiger partial charge on any atom is 0.415 e. The minimum Gasteiger partial charge on any atom is -0.488 e. The molecule has 2 aliphatic heterocycles. The Morgan fingerprint density at radius 2 is 1.71 bits per heavy atom. The molecule has 1 fully saturated rings. The Balaban J connectivity index is 1.10. The predicted molar refractivity (Wildman–Crippen MR) is 195 cm³/mol. The number of benzene rings is 4. The van der Waals surface area contributed by atoms with E-state index in [9.17, 15) is 32.9 Å². The van der Waals surface area contributed by atoms with Gasteiger partial charge >= 0.3 is 6.09 Å². The number of hydrogen-bond acceptors (Lipinski definition) is 9. The summed E-state index contributed by atoms with van der Waals surface area (Å²) in [6, 6.07) is 18.6. The zero-order chi connectivity index (χ0) is 39.3. The van der Waals surface area contributed by atoms with Crippen LogP contribution in [0.5, 0.6) is 23.0 Å². The normalized spacial score (nSPS) is 14.8. The summed E-state index contributed by atoms with van der Waals surface area (Å²) in [7, 11) is 0. The van der Waals surface area contributed by atoms with Crippen molar-refractivity contribution in [3.63, 3.8) is 0 Å². The van der Waals surface area contributed by atoms with Crippen LogP contribution in [-0.2, 0) is 29.2 Å². The van der Waals surface area contributed by atoms with Crippen molar-refractivity contribution in [2.75, 3.05) is 26.5 Å². The highest BCUT2D eigenvalue weighted by atomic mass is 35.5. The van der Waals surface area contributed by atoms with Crippen LogP contribution in [0.25, 0.3) is 5.57 Å². The van der Waals surface area contributed by atoms with Gasteiger partial charge in [0, 0.05) is 35.8 Å². The molecule has 56 heavy (non-hydrogen) atoms. The van der Waals surface area contributed by atoms with Crippen molar-refractivity contribution in [3.8, 4) is 23.0 Å². The van der Waals surface area contributed by atoms with Gasteiger partial charge in [-0.1, -0.05) is 48.0 Å². The van der Waals surface area contributed by atoms with E-state index in [1.54, 1.807) is 35.2 Å². The van der Waals surface area contributed by atoms with E-state index in [2.05, 4.69) is 4.84 Å². The molecule has 1 aliphatic carbocycles. The van der Waals surface area contributed by atoms with E-state index in [0.29, 0.717) is 58.6 Å². The summed E-state index contributed by atoms with van der Waals surface area (Å²) >= 11 is 6.64. The van der Waals surface area contributed by atoms with E-state index < -0.39 is 34.4 Å². The van der Waals surface area contributed by atoms with E-state index >= 15 is 0 Å². The first-order valence-electron chi connectivity index (χ1n) is 17.8. The first-order chi connectivity index (χ1) is 27.0. The largest absolute Gasteiger partial charge is 0.488 e. The number of halogens is 4. The average molecular weight is 794 g/mol. The maximum atomic E-state index is 14.7. The molecule has 0 unspecified atom stereocenters. The molecule has 7 rings (SSSR count). The van der Waals surface area contributed by atoms with Crippen LogP contribution in [0, 0.1) is 27.6 Å². The van der Waals surface area contributed by atoms with Crippen molar-refractivity contribution < 1.29 is 51.6 Å². The molecule has 0 saturated heterocycles. The van der Waals surface area contributed by atoms with E-state index in [-0.39, 0.29) is 57.3 Å². The lowest BCUT2D eigenvalue weighted by Gasteiger charge is -2.33. The summed E-state index contributed by atoms with van der Waals surface area (Å²) in [5.41, 5.74) is 3.95. The Morgan fingerprint density at radius 3 is 2.46 bits per heavy atom. The molecule has 0 aromatic heterocycles. The van der Waals surface area contributed by atoms with Gasteiger partial charge in [-0.15, -0.1) is 10.1 Å². The Hall–Kier alpha value is -5.96. The van der Waals surface area contributed by atoms with E-state index in [1.807, 2.05) is 24.3 Å². The second-order valence-electron chi connectivity index (χ2n) is 13.4. The van der Waals surface area contributed by atoms with Crippen LogP contribution >= 0.6 is 11.6 Å². The van der Waals surface area contributed by atoms with Crippen LogP contribution in [0.3, 0.4) is 0 Å². The van der Waals surface area contributed by atoms with Gasteiger partial charge in [0.1, 0.15) is 12.4 Å². The Kier molecular flexibility index (Phi) is 11.5. The molecular formula is C40H35ClF3N3O9. The van der Waals surface area contributed by atoms with Crippen molar-refractivity contribution in [1.82, 2.24) is 9.80 Å². The lowest BCUT2D eigenvalue weighted by atomic mass is 9.91. The van der Waals surface area contributed by atoms with Crippen LogP contribution in [-0.4, -0.2) is 59.4 Å². The van der Waals surface area contributed by atoms with Crippen LogP contribution in [0.15, 0.2) is 78.4 Å². The van der Waals surface area contributed by atoms with Gasteiger partial charge in [-0.25, -0.2) is 13.6 Å². The van der Waals surface area contributed by atoms with Crippen LogP contribution in [0.2, 0.25) is 5.02 Å². The molecule has 0 N–H and O–H groups in total. The minimum atomic E-state index is -1.37. The molecular weight excluding hydrogens is 759 g/mol. The summed E-state index contributed by atoms with van der Waals surface area (Å²) in [6.45, 7) is 0.0830. The Bertz CT molecular complexity index is 2180. The van der Waals surface area contributed by atoms with E-state index in [1.165, 1.54) is 11.0 Å². The summed E-state index contributed by atoms with van der Waals surface area (Å²) in [4.78, 5) is 46.5. The van der Waals surface area contributed by atoms with Gasteiger partial charge in [0.15, 0.2) is 28.9 Å². The standard InChI is InChI=1S/C40H35ClF3N3O9/c41-32-19-36-35(53-23-54-36)18-27(32)20-46(28-10-11-28)39(48)31-21-45(40(49)56-29-5-1-3-25(17-29)22-55-47(50)51)15-14-30(31)26-8-6-24(7-9-26)4-2-16-52-38-34(43)13-12-33(42)37(38)44/h1,3,5-9,12-13,17-19,28H,2,4,10-11,14-16,20-23H2. The fraction of sp³-hybridized carbons (Fsp3) is 0.300. The van der Waals surface area contributed by atoms with Gasteiger partial charge in [-0.2, -0.15) is 4.39 Å². The highest BCUT2D eigenvalue weighted by Crippen LogP contribution is 2.40. The summed E-state index contributed by atoms with van der Waals surface area (Å²) in [5.74, 6) is -3.35. The third-order valence-electron chi connectivity index (χ3n) is 9.59. The molecule has 1 saturated carbocycles. The van der Waals surface area contributed by atoms with E-state index in [4.69, 9.17) is 30.5 Å². The fourth-order valence-electron chi connectivity index (χ4n) is 6.58. The quantitative estimate of drug-likeness (QED) is 0.0539. The smallest absolute Gasteiger partial charge is 0.415 e. The molecule has 292 valence electrons. The molecule has 3 aliphatic rings. The molecule has 0 bridgehead atoms. The number of ether oxygens (including phenoxy) is 4. The topological polar surface area (TPSA) is 130 Å². The maximum absolute atomic E-state index is 14.7.